The Hall–Kier alpha value is -1.96. The summed E-state index contributed by atoms with van der Waals surface area (Å²) in [6.45, 7) is 4.00. The predicted molar refractivity (Wildman–Crippen MR) is 66.6 cm³/mol. The van der Waals surface area contributed by atoms with Gasteiger partial charge in [0.1, 0.15) is 11.5 Å². The number of rotatable bonds is 1. The van der Waals surface area contributed by atoms with E-state index in [2.05, 4.69) is 0 Å². The average Bonchev–Trinajstić information content (AvgIpc) is 2.34. The van der Waals surface area contributed by atoms with Crippen molar-refractivity contribution in [3.63, 3.8) is 0 Å². The topological polar surface area (TPSA) is 40.5 Å². The molecule has 0 saturated heterocycles. The normalized spacial score (nSPS) is 9.12. The van der Waals surface area contributed by atoms with E-state index in [4.69, 9.17) is 0 Å². The van der Waals surface area contributed by atoms with Crippen molar-refractivity contribution in [3.05, 3.63) is 48.5 Å². The zero-order valence-electron chi connectivity index (χ0n) is 9.51. The Kier molecular flexibility index (Phi) is 4.40. The van der Waals surface area contributed by atoms with E-state index in [-0.39, 0.29) is 11.5 Å². The number of phenolic OH excluding ortho intramolecular Hbond substituents is 2. The number of hydrogen-bond acceptors (Lipinski definition) is 2. The fraction of sp³-hybridized carbons (Fsp3) is 0.143. The summed E-state index contributed by atoms with van der Waals surface area (Å²) in [6.07, 6.45) is 0. The fourth-order valence-corrected chi connectivity index (χ4v) is 1.40. The van der Waals surface area contributed by atoms with Crippen LogP contribution < -0.4 is 0 Å². The first-order valence-electron chi connectivity index (χ1n) is 5.35. The van der Waals surface area contributed by atoms with Gasteiger partial charge in [-0.25, -0.2) is 0 Å². The summed E-state index contributed by atoms with van der Waals surface area (Å²) in [5.41, 5.74) is 1.29. The molecule has 0 aliphatic carbocycles. The Morgan fingerprint density at radius 3 is 1.25 bits per heavy atom. The minimum absolute atomic E-state index is 0.175. The molecule has 0 fully saturated rings. The van der Waals surface area contributed by atoms with Gasteiger partial charge in [0.05, 0.1) is 0 Å². The summed E-state index contributed by atoms with van der Waals surface area (Å²) in [5, 5.41) is 19.2. The summed E-state index contributed by atoms with van der Waals surface area (Å²) in [6, 6.07) is 13.9. The second-order valence-electron chi connectivity index (χ2n) is 3.03. The molecule has 2 heteroatoms. The molecule has 16 heavy (non-hydrogen) atoms. The number of hydrogen-bond donors (Lipinski definition) is 2. The maximum atomic E-state index is 9.58. The van der Waals surface area contributed by atoms with Gasteiger partial charge in [-0.1, -0.05) is 50.2 Å². The third-order valence-corrected chi connectivity index (χ3v) is 2.10. The zero-order valence-corrected chi connectivity index (χ0v) is 9.51. The van der Waals surface area contributed by atoms with E-state index >= 15 is 0 Å². The molecule has 0 unspecified atom stereocenters. The minimum atomic E-state index is 0.175. The molecule has 0 amide bonds. The Morgan fingerprint density at radius 1 is 0.625 bits per heavy atom. The lowest BCUT2D eigenvalue weighted by atomic mass is 10.0. The van der Waals surface area contributed by atoms with Crippen LogP contribution in [0.15, 0.2) is 48.5 Å². The summed E-state index contributed by atoms with van der Waals surface area (Å²) in [5.74, 6) is 0.350. The van der Waals surface area contributed by atoms with Crippen molar-refractivity contribution in [2.24, 2.45) is 0 Å². The molecule has 0 radical (unpaired) electrons. The number of benzene rings is 2. The third kappa shape index (κ3) is 2.54. The van der Waals surface area contributed by atoms with Crippen molar-refractivity contribution in [2.45, 2.75) is 13.8 Å². The van der Waals surface area contributed by atoms with Crippen LogP contribution in [0, 0.1) is 0 Å². The lowest BCUT2D eigenvalue weighted by molar-refractivity contribution is 0.469. The molecule has 2 nitrogen and oxygen atoms in total. The number of aromatic hydroxyl groups is 2. The first-order chi connectivity index (χ1) is 7.79. The number of para-hydroxylation sites is 2. The molecule has 84 valence electrons. The molecule has 0 spiro atoms. The average molecular weight is 216 g/mol. The molecule has 2 aromatic carbocycles. The molecular formula is C14H16O2. The molecule has 0 heterocycles. The van der Waals surface area contributed by atoms with Gasteiger partial charge < -0.3 is 10.2 Å². The van der Waals surface area contributed by atoms with Gasteiger partial charge in [-0.05, 0) is 12.1 Å². The van der Waals surface area contributed by atoms with Gasteiger partial charge in [0.25, 0.3) is 0 Å². The SMILES string of the molecule is CC.Oc1ccccc1-c1ccccc1O. The first kappa shape index (κ1) is 12.1. The van der Waals surface area contributed by atoms with Crippen LogP contribution in [-0.4, -0.2) is 10.2 Å². The lowest BCUT2D eigenvalue weighted by Gasteiger charge is -2.05. The van der Waals surface area contributed by atoms with Crippen molar-refractivity contribution in [1.29, 1.82) is 0 Å². The quantitative estimate of drug-likeness (QED) is 0.761. The van der Waals surface area contributed by atoms with E-state index in [0.29, 0.717) is 11.1 Å². The number of phenols is 2. The molecular weight excluding hydrogens is 200 g/mol. The largest absolute Gasteiger partial charge is 0.507 e. The molecule has 0 aliphatic heterocycles. The minimum Gasteiger partial charge on any atom is -0.507 e. The molecule has 2 N–H and O–H groups in total. The van der Waals surface area contributed by atoms with E-state index in [9.17, 15) is 10.2 Å². The highest BCUT2D eigenvalue weighted by atomic mass is 16.3. The van der Waals surface area contributed by atoms with Crippen molar-refractivity contribution in [2.75, 3.05) is 0 Å². The van der Waals surface area contributed by atoms with Crippen LogP contribution in [0.4, 0.5) is 0 Å². The summed E-state index contributed by atoms with van der Waals surface area (Å²) >= 11 is 0. The highest BCUT2D eigenvalue weighted by Gasteiger charge is 2.06. The van der Waals surface area contributed by atoms with Gasteiger partial charge in [0.15, 0.2) is 0 Å². The standard InChI is InChI=1S/C12H10O2.C2H6/c13-11-7-3-1-5-9(11)10-6-2-4-8-12(10)14;1-2/h1-8,13-14H;1-2H3. The molecule has 2 rings (SSSR count). The van der Waals surface area contributed by atoms with Gasteiger partial charge in [0.2, 0.25) is 0 Å². The fourth-order valence-electron chi connectivity index (χ4n) is 1.40. The van der Waals surface area contributed by atoms with Crippen molar-refractivity contribution in [3.8, 4) is 22.6 Å². The van der Waals surface area contributed by atoms with Gasteiger partial charge in [-0.3, -0.25) is 0 Å². The van der Waals surface area contributed by atoms with E-state index in [0.717, 1.165) is 0 Å². The second kappa shape index (κ2) is 5.81. The molecule has 0 aromatic heterocycles. The lowest BCUT2D eigenvalue weighted by Crippen LogP contribution is -1.79. The van der Waals surface area contributed by atoms with E-state index < -0.39 is 0 Å². The Balaban J connectivity index is 0.000000606. The van der Waals surface area contributed by atoms with Crippen LogP contribution in [0.2, 0.25) is 0 Å². The Bertz CT molecular complexity index is 406. The predicted octanol–water partition coefficient (Wildman–Crippen LogP) is 3.79. The monoisotopic (exact) mass is 216 g/mol. The van der Waals surface area contributed by atoms with Crippen LogP contribution in [0.25, 0.3) is 11.1 Å². The molecule has 2 aromatic rings. The molecule has 0 atom stereocenters. The van der Waals surface area contributed by atoms with Crippen molar-refractivity contribution < 1.29 is 10.2 Å². The summed E-state index contributed by atoms with van der Waals surface area (Å²) in [7, 11) is 0. The van der Waals surface area contributed by atoms with Gasteiger partial charge in [-0.2, -0.15) is 0 Å². The summed E-state index contributed by atoms with van der Waals surface area (Å²) < 4.78 is 0. The van der Waals surface area contributed by atoms with Crippen molar-refractivity contribution in [1.82, 2.24) is 0 Å². The Labute approximate surface area is 95.8 Å². The van der Waals surface area contributed by atoms with Crippen LogP contribution in [0.5, 0.6) is 11.5 Å². The van der Waals surface area contributed by atoms with Crippen LogP contribution in [0.3, 0.4) is 0 Å². The smallest absolute Gasteiger partial charge is 0.123 e. The van der Waals surface area contributed by atoms with Crippen LogP contribution >= 0.6 is 0 Å². The van der Waals surface area contributed by atoms with E-state index in [1.807, 2.05) is 26.0 Å². The third-order valence-electron chi connectivity index (χ3n) is 2.10. The highest BCUT2D eigenvalue weighted by Crippen LogP contribution is 2.34. The van der Waals surface area contributed by atoms with E-state index in [1.54, 1.807) is 36.4 Å². The highest BCUT2D eigenvalue weighted by molar-refractivity contribution is 5.74. The van der Waals surface area contributed by atoms with Gasteiger partial charge >= 0.3 is 0 Å². The molecule has 0 bridgehead atoms. The maximum Gasteiger partial charge on any atom is 0.123 e. The van der Waals surface area contributed by atoms with Crippen LogP contribution in [-0.2, 0) is 0 Å². The van der Waals surface area contributed by atoms with Crippen molar-refractivity contribution >= 4 is 0 Å². The molecule has 0 saturated carbocycles. The first-order valence-corrected chi connectivity index (χ1v) is 5.35. The van der Waals surface area contributed by atoms with E-state index in [1.165, 1.54) is 0 Å². The second-order valence-corrected chi connectivity index (χ2v) is 3.03. The molecule has 0 aliphatic rings. The maximum absolute atomic E-state index is 9.58. The zero-order chi connectivity index (χ0) is 12.0. The Morgan fingerprint density at radius 2 is 0.938 bits per heavy atom. The van der Waals surface area contributed by atoms with Gasteiger partial charge in [-0.15, -0.1) is 0 Å². The summed E-state index contributed by atoms with van der Waals surface area (Å²) in [4.78, 5) is 0. The van der Waals surface area contributed by atoms with Crippen LogP contribution in [0.1, 0.15) is 13.8 Å². The van der Waals surface area contributed by atoms with Gasteiger partial charge in [0, 0.05) is 11.1 Å².